The predicted molar refractivity (Wildman–Crippen MR) is 103 cm³/mol. The van der Waals surface area contributed by atoms with Crippen LogP contribution in [0, 0.1) is 5.92 Å². The van der Waals surface area contributed by atoms with E-state index in [9.17, 15) is 4.79 Å². The molecule has 1 rings (SSSR count). The van der Waals surface area contributed by atoms with Crippen molar-refractivity contribution in [2.24, 2.45) is 5.92 Å². The van der Waals surface area contributed by atoms with Crippen LogP contribution in [-0.2, 0) is 9.53 Å². The quantitative estimate of drug-likeness (QED) is 0.177. The van der Waals surface area contributed by atoms with Gasteiger partial charge in [-0.25, -0.2) is 0 Å². The third kappa shape index (κ3) is 13.4. The van der Waals surface area contributed by atoms with E-state index >= 15 is 0 Å². The third-order valence-corrected chi connectivity index (χ3v) is 4.50. The summed E-state index contributed by atoms with van der Waals surface area (Å²) in [5.41, 5.74) is 0. The molecule has 0 atom stereocenters. The fraction of sp³-hybridized carbons (Fsp3) is 0.773. The number of unbranched alkanes of at least 4 members (excludes halogenated alkanes) is 9. The molecule has 0 spiro atoms. The minimum absolute atomic E-state index is 0.0394. The molecule has 0 unspecified atom stereocenters. The van der Waals surface area contributed by atoms with Crippen molar-refractivity contribution in [1.82, 2.24) is 0 Å². The average Bonchev–Trinajstić information content (AvgIpc) is 3.42. The standard InChI is InChI=1S/C22H38O2/c1-2-3-4-5-6-7-8-9-10-11-12-13-14-15-16-17-20-24-22(23)21-18-19-21/h6-7,9-10,21H,2-5,8,11-20H2,1H3/b7-6+,10-9+. The topological polar surface area (TPSA) is 26.3 Å². The van der Waals surface area contributed by atoms with Gasteiger partial charge in [0.25, 0.3) is 0 Å². The largest absolute Gasteiger partial charge is 0.465 e. The molecular formula is C22H38O2. The van der Waals surface area contributed by atoms with Crippen LogP contribution >= 0.6 is 0 Å². The van der Waals surface area contributed by atoms with Gasteiger partial charge in [-0.2, -0.15) is 0 Å². The van der Waals surface area contributed by atoms with E-state index in [1.807, 2.05) is 0 Å². The summed E-state index contributed by atoms with van der Waals surface area (Å²) >= 11 is 0. The molecule has 1 aliphatic rings. The summed E-state index contributed by atoms with van der Waals surface area (Å²) in [5, 5.41) is 0. The Labute approximate surface area is 149 Å². The van der Waals surface area contributed by atoms with Gasteiger partial charge in [0.1, 0.15) is 0 Å². The Bertz CT molecular complexity index is 353. The first-order chi connectivity index (χ1) is 11.8. The van der Waals surface area contributed by atoms with Gasteiger partial charge in [0.2, 0.25) is 0 Å². The molecule has 1 saturated carbocycles. The molecular weight excluding hydrogens is 296 g/mol. The van der Waals surface area contributed by atoms with Crippen LogP contribution < -0.4 is 0 Å². The Balaban J connectivity index is 1.73. The van der Waals surface area contributed by atoms with Gasteiger partial charge in [0.15, 0.2) is 0 Å². The highest BCUT2D eigenvalue weighted by atomic mass is 16.5. The van der Waals surface area contributed by atoms with E-state index in [1.165, 1.54) is 64.2 Å². The van der Waals surface area contributed by atoms with Gasteiger partial charge in [-0.15, -0.1) is 0 Å². The number of ether oxygens (including phenoxy) is 1. The van der Waals surface area contributed by atoms with E-state index in [-0.39, 0.29) is 11.9 Å². The van der Waals surface area contributed by atoms with E-state index in [0.29, 0.717) is 6.61 Å². The van der Waals surface area contributed by atoms with E-state index < -0.39 is 0 Å². The highest BCUT2D eigenvalue weighted by Gasteiger charge is 2.30. The van der Waals surface area contributed by atoms with Crippen LogP contribution in [-0.4, -0.2) is 12.6 Å². The Morgan fingerprint density at radius 1 is 0.833 bits per heavy atom. The number of hydrogen-bond acceptors (Lipinski definition) is 2. The maximum absolute atomic E-state index is 11.3. The van der Waals surface area contributed by atoms with Crippen molar-refractivity contribution in [3.05, 3.63) is 24.3 Å². The van der Waals surface area contributed by atoms with Crippen molar-refractivity contribution in [1.29, 1.82) is 0 Å². The molecule has 0 aromatic rings. The number of hydrogen-bond donors (Lipinski definition) is 0. The van der Waals surface area contributed by atoms with Crippen molar-refractivity contribution in [2.75, 3.05) is 6.61 Å². The molecule has 0 aromatic heterocycles. The predicted octanol–water partition coefficient (Wildman–Crippen LogP) is 6.75. The maximum Gasteiger partial charge on any atom is 0.308 e. The summed E-state index contributed by atoms with van der Waals surface area (Å²) < 4.78 is 5.23. The molecule has 2 heteroatoms. The molecule has 0 radical (unpaired) electrons. The normalized spacial score (nSPS) is 14.7. The van der Waals surface area contributed by atoms with Crippen molar-refractivity contribution in [3.63, 3.8) is 0 Å². The summed E-state index contributed by atoms with van der Waals surface area (Å²) in [7, 11) is 0. The molecule has 1 fully saturated rings. The molecule has 1 aliphatic carbocycles. The van der Waals surface area contributed by atoms with Gasteiger partial charge < -0.3 is 4.74 Å². The number of rotatable bonds is 16. The lowest BCUT2D eigenvalue weighted by atomic mass is 10.1. The first-order valence-corrected chi connectivity index (χ1v) is 10.3. The lowest BCUT2D eigenvalue weighted by Gasteiger charge is -2.03. The summed E-state index contributed by atoms with van der Waals surface area (Å²) in [6.07, 6.45) is 26.3. The zero-order valence-corrected chi connectivity index (χ0v) is 15.8. The fourth-order valence-corrected chi connectivity index (χ4v) is 2.70. The second kappa shape index (κ2) is 15.5. The Morgan fingerprint density at radius 3 is 2.04 bits per heavy atom. The van der Waals surface area contributed by atoms with E-state index in [0.717, 1.165) is 25.7 Å². The second-order valence-electron chi connectivity index (χ2n) is 7.03. The van der Waals surface area contributed by atoms with Crippen molar-refractivity contribution >= 4 is 5.97 Å². The number of esters is 1. The first-order valence-electron chi connectivity index (χ1n) is 10.3. The van der Waals surface area contributed by atoms with Crippen LogP contribution in [0.2, 0.25) is 0 Å². The van der Waals surface area contributed by atoms with E-state index in [2.05, 4.69) is 31.2 Å². The molecule has 0 aromatic carbocycles. The SMILES string of the molecule is CCCCC/C=C/C/C=C/CCCCCCCCOC(=O)C1CC1. The summed E-state index contributed by atoms with van der Waals surface area (Å²) in [6, 6.07) is 0. The second-order valence-corrected chi connectivity index (χ2v) is 7.03. The van der Waals surface area contributed by atoms with Crippen LogP contribution in [0.5, 0.6) is 0 Å². The van der Waals surface area contributed by atoms with Crippen LogP contribution in [0.1, 0.15) is 96.8 Å². The monoisotopic (exact) mass is 334 g/mol. The molecule has 2 nitrogen and oxygen atoms in total. The van der Waals surface area contributed by atoms with Crippen molar-refractivity contribution < 1.29 is 9.53 Å². The third-order valence-electron chi connectivity index (χ3n) is 4.50. The summed E-state index contributed by atoms with van der Waals surface area (Å²) in [4.78, 5) is 11.3. The summed E-state index contributed by atoms with van der Waals surface area (Å²) in [6.45, 7) is 2.88. The van der Waals surface area contributed by atoms with E-state index in [4.69, 9.17) is 4.74 Å². The maximum atomic E-state index is 11.3. The van der Waals surface area contributed by atoms with Gasteiger partial charge in [-0.1, -0.05) is 69.8 Å². The average molecular weight is 335 g/mol. The lowest BCUT2D eigenvalue weighted by molar-refractivity contribution is -0.145. The number of allylic oxidation sites excluding steroid dienone is 4. The minimum atomic E-state index is 0.0394. The number of carbonyl (C=O) groups excluding carboxylic acids is 1. The highest BCUT2D eigenvalue weighted by Crippen LogP contribution is 2.30. The smallest absolute Gasteiger partial charge is 0.308 e. The van der Waals surface area contributed by atoms with Crippen LogP contribution in [0.3, 0.4) is 0 Å². The van der Waals surface area contributed by atoms with Gasteiger partial charge >= 0.3 is 5.97 Å². The van der Waals surface area contributed by atoms with Crippen molar-refractivity contribution in [3.8, 4) is 0 Å². The van der Waals surface area contributed by atoms with Gasteiger partial charge in [-0.05, 0) is 51.4 Å². The van der Waals surface area contributed by atoms with Crippen LogP contribution in [0.4, 0.5) is 0 Å². The molecule has 0 saturated heterocycles. The molecule has 0 heterocycles. The molecule has 0 amide bonds. The Morgan fingerprint density at radius 2 is 1.42 bits per heavy atom. The zero-order chi connectivity index (χ0) is 17.3. The number of carbonyl (C=O) groups is 1. The van der Waals surface area contributed by atoms with Crippen LogP contribution in [0.25, 0.3) is 0 Å². The minimum Gasteiger partial charge on any atom is -0.465 e. The molecule has 0 bridgehead atoms. The molecule has 24 heavy (non-hydrogen) atoms. The molecule has 0 N–H and O–H groups in total. The van der Waals surface area contributed by atoms with Crippen LogP contribution in [0.15, 0.2) is 24.3 Å². The fourth-order valence-electron chi connectivity index (χ4n) is 2.70. The highest BCUT2D eigenvalue weighted by molar-refractivity contribution is 5.74. The first kappa shape index (κ1) is 21.0. The molecule has 0 aliphatic heterocycles. The van der Waals surface area contributed by atoms with Gasteiger partial charge in [0.05, 0.1) is 12.5 Å². The Kier molecular flexibility index (Phi) is 13.5. The molecule has 138 valence electrons. The van der Waals surface area contributed by atoms with Gasteiger partial charge in [0, 0.05) is 0 Å². The Hall–Kier alpha value is -1.05. The van der Waals surface area contributed by atoms with E-state index in [1.54, 1.807) is 0 Å². The van der Waals surface area contributed by atoms with Gasteiger partial charge in [-0.3, -0.25) is 4.79 Å². The lowest BCUT2D eigenvalue weighted by Crippen LogP contribution is -2.07. The van der Waals surface area contributed by atoms with Crippen molar-refractivity contribution in [2.45, 2.75) is 96.8 Å². The summed E-state index contributed by atoms with van der Waals surface area (Å²) in [5.74, 6) is 0.284. The zero-order valence-electron chi connectivity index (χ0n) is 15.8.